The predicted octanol–water partition coefficient (Wildman–Crippen LogP) is 22.3. The normalized spacial score (nSPS) is 10.4. The Hall–Kier alpha value is -9.94. The molecule has 0 amide bonds. The zero-order valence-corrected chi connectivity index (χ0v) is 72.5. The number of aromatic nitrogens is 4. The van der Waals surface area contributed by atoms with E-state index in [1.54, 1.807) is 0 Å². The molecule has 4 N–H and O–H groups in total. The van der Waals surface area contributed by atoms with Crippen molar-refractivity contribution in [2.24, 2.45) is 0 Å². The molecule has 0 aliphatic heterocycles. The molecule has 0 aliphatic carbocycles. The average Bonchev–Trinajstić information content (AvgIpc) is 0.835. The Kier molecular flexibility index (Phi) is 45.7. The van der Waals surface area contributed by atoms with Crippen LogP contribution in [0.3, 0.4) is 0 Å². The van der Waals surface area contributed by atoms with Gasteiger partial charge in [-0.2, -0.15) is 0 Å². The summed E-state index contributed by atoms with van der Waals surface area (Å²) in [5.41, 5.74) is 23.8. The van der Waals surface area contributed by atoms with E-state index in [1.165, 1.54) is 146 Å². The number of aliphatic hydroxyl groups excluding tert-OH is 4. The van der Waals surface area contributed by atoms with Crippen LogP contribution in [0.1, 0.15) is 88.8 Å². The maximum Gasteiger partial charge on any atom is 0.155 e. The van der Waals surface area contributed by atoms with Crippen LogP contribution >= 0.6 is 0 Å². The van der Waals surface area contributed by atoms with Crippen molar-refractivity contribution in [1.29, 1.82) is 0 Å². The summed E-state index contributed by atoms with van der Waals surface area (Å²) in [5, 5.41) is 34.6. The summed E-state index contributed by atoms with van der Waals surface area (Å²) in [4.78, 5) is 58.1. The van der Waals surface area contributed by atoms with Crippen molar-refractivity contribution in [1.82, 2.24) is 19.9 Å². The number of benzene rings is 8. The summed E-state index contributed by atoms with van der Waals surface area (Å²) < 4.78 is 0. The quantitative estimate of drug-likeness (QED) is 0.0543. The second kappa shape index (κ2) is 51.4. The molecule has 8 aromatic carbocycles. The number of rotatable bonds is 11. The van der Waals surface area contributed by atoms with E-state index in [2.05, 4.69) is 202 Å². The minimum atomic E-state index is -0.125. The number of ketones is 4. The van der Waals surface area contributed by atoms with Crippen molar-refractivity contribution in [3.63, 3.8) is 0 Å². The zero-order valence-electron chi connectivity index (χ0n) is 62.9. The molecule has 566 valence electrons. The number of fused-ring (bicyclic) bond motifs is 1. The molecule has 4 heterocycles. The van der Waals surface area contributed by atoms with Crippen molar-refractivity contribution >= 4 is 34.0 Å². The molecule has 0 saturated heterocycles. The molecule has 0 atom stereocenters. The Morgan fingerprint density at radius 3 is 1.12 bits per heavy atom. The molecule has 4 radical (unpaired) electrons. The van der Waals surface area contributed by atoms with E-state index in [4.69, 9.17) is 25.4 Å². The number of nitrogens with zero attached hydrogens (tertiary/aromatic N) is 4. The number of aliphatic hydroxyl groups is 4. The van der Waals surface area contributed by atoms with Gasteiger partial charge >= 0.3 is 0 Å². The van der Waals surface area contributed by atoms with E-state index in [-0.39, 0.29) is 127 Å². The van der Waals surface area contributed by atoms with Crippen LogP contribution in [0.2, 0.25) is 0 Å². The maximum atomic E-state index is 10.0. The van der Waals surface area contributed by atoms with Gasteiger partial charge < -0.3 is 35.4 Å². The first-order chi connectivity index (χ1) is 49.6. The van der Waals surface area contributed by atoms with Gasteiger partial charge in [0.25, 0.3) is 0 Å². The molecule has 108 heavy (non-hydrogen) atoms. The van der Waals surface area contributed by atoms with Gasteiger partial charge in [0.05, 0.1) is 28.6 Å². The molecule has 4 aromatic heterocycles. The fraction of sp³-hybridized carbons (Fsp3) is 0.152. The van der Waals surface area contributed by atoms with E-state index < -0.39 is 0 Å². The largest absolute Gasteiger partial charge is 0.512 e. The van der Waals surface area contributed by atoms with Crippen LogP contribution in [0.15, 0.2) is 290 Å². The second-order valence-corrected chi connectivity index (χ2v) is 24.4. The molecule has 12 aromatic rings. The van der Waals surface area contributed by atoms with Gasteiger partial charge in [-0.15, -0.1) is 143 Å². The number of pyridine rings is 4. The Bertz CT molecular complexity index is 4760. The SMILES string of the molecule is CC(=O)C=C(C)O.CC(=O)C=C(C)O.CC(=O)C=C(C)O.CC(=O)C=C(C)O.Cc1[c-]c(-c2ccc3ccccc3n2)cc(C)c1.Cc1ccc(-c2ccnc(-c3[c-]cccc3)c2)c(C)c1.Cc1ccc(-c2ccnc(-c3[c-]cccc3)c2)cc1.Cc1cccc(-c2ccnc(-c3[c-]cccc3)c2)c1.[Ir].[Ir].[Ir].[Ir]. The van der Waals surface area contributed by atoms with Crippen molar-refractivity contribution in [2.45, 2.75) is 96.9 Å². The molecule has 0 bridgehead atoms. The number of carbonyl (C=O) groups excluding carboxylic acids is 4. The summed E-state index contributed by atoms with van der Waals surface area (Å²) in [6, 6.07) is 89.5. The number of hydrogen-bond donors (Lipinski definition) is 4. The molecular weight excluding hydrogens is 2060 g/mol. The Morgan fingerprint density at radius 2 is 0.722 bits per heavy atom. The molecule has 0 unspecified atom stereocenters. The van der Waals surface area contributed by atoms with Crippen LogP contribution in [0, 0.1) is 65.8 Å². The Labute approximate surface area is 691 Å². The second-order valence-electron chi connectivity index (χ2n) is 24.4. The van der Waals surface area contributed by atoms with Crippen LogP contribution < -0.4 is 0 Å². The summed E-state index contributed by atoms with van der Waals surface area (Å²) in [6.45, 7) is 24.0. The van der Waals surface area contributed by atoms with Crippen LogP contribution in [-0.2, 0) is 99.6 Å². The Morgan fingerprint density at radius 1 is 0.324 bits per heavy atom. The summed E-state index contributed by atoms with van der Waals surface area (Å²) in [6.07, 6.45) is 10.2. The fourth-order valence-corrected chi connectivity index (χ4v) is 10.1. The van der Waals surface area contributed by atoms with Crippen molar-refractivity contribution < 1.29 is 120 Å². The standard InChI is InChI=1S/C19H16N.2C18H14N.C17H14N.4C5H8O2.4Ir/c1-14-8-9-18(15(2)12-14)17-10-11-20-19(13-17)16-6-4-3-5-7-16;1-14-6-5-9-16(12-14)17-10-11-19-18(13-17)15-7-3-2-4-8-15;1-14-7-9-15(10-8-14)17-11-12-19-18(13-17)16-5-3-2-4-6-16;1-12-9-13(2)11-15(10-12)17-8-7-14-5-3-4-6-16(14)18-17;4*1-4(6)3-5(2)7;;;;/h3-6,8-13H,1-2H3;2-7,9-13H,1H3;2-5,7-13H,1H3;3-10H,1-2H3;4*3,6H,1-2H3;;;;/q4*-1;;;;;;;;. The van der Waals surface area contributed by atoms with Gasteiger partial charge in [0, 0.05) is 123 Å². The topological polar surface area (TPSA) is 201 Å². The number of hydrogen-bond acceptors (Lipinski definition) is 12. The van der Waals surface area contributed by atoms with Gasteiger partial charge in [0.1, 0.15) is 0 Å². The van der Waals surface area contributed by atoms with Crippen LogP contribution in [0.4, 0.5) is 0 Å². The third kappa shape index (κ3) is 37.1. The first-order valence-electron chi connectivity index (χ1n) is 33.5. The number of allylic oxidation sites excluding steroid dienone is 8. The molecule has 12 nitrogen and oxygen atoms in total. The van der Waals surface area contributed by atoms with E-state index in [0.29, 0.717) is 0 Å². The van der Waals surface area contributed by atoms with Crippen LogP contribution in [0.25, 0.3) is 89.3 Å². The van der Waals surface area contributed by atoms with E-state index in [9.17, 15) is 19.2 Å². The molecule has 16 heteroatoms. The third-order valence-corrected chi connectivity index (χ3v) is 14.3. The van der Waals surface area contributed by atoms with Gasteiger partial charge in [-0.1, -0.05) is 146 Å². The zero-order chi connectivity index (χ0) is 76.1. The van der Waals surface area contributed by atoms with Gasteiger partial charge in [-0.3, -0.25) is 24.2 Å². The first-order valence-corrected chi connectivity index (χ1v) is 33.5. The summed E-state index contributed by atoms with van der Waals surface area (Å²) >= 11 is 0. The third-order valence-electron chi connectivity index (χ3n) is 14.3. The Balaban J connectivity index is 0.000000638. The monoisotopic (exact) mass is 2150 g/mol. The molecule has 0 saturated carbocycles. The molecule has 0 aliphatic rings. The average molecular weight is 2150 g/mol. The summed E-state index contributed by atoms with van der Waals surface area (Å²) in [7, 11) is 0. The van der Waals surface area contributed by atoms with E-state index in [1.807, 2.05) is 122 Å². The minimum Gasteiger partial charge on any atom is -0.512 e. The molecule has 0 fully saturated rings. The van der Waals surface area contributed by atoms with Crippen molar-refractivity contribution in [2.75, 3.05) is 0 Å². The van der Waals surface area contributed by atoms with Crippen LogP contribution in [0.5, 0.6) is 0 Å². The first kappa shape index (κ1) is 96.1. The van der Waals surface area contributed by atoms with Gasteiger partial charge in [0.2, 0.25) is 0 Å². The van der Waals surface area contributed by atoms with Crippen molar-refractivity contribution in [3.05, 3.63) is 348 Å². The number of para-hydroxylation sites is 1. The minimum absolute atomic E-state index is 0. The predicted molar refractivity (Wildman–Crippen MR) is 425 cm³/mol. The van der Waals surface area contributed by atoms with Gasteiger partial charge in [-0.25, -0.2) is 0 Å². The smallest absolute Gasteiger partial charge is 0.155 e. The fourth-order valence-electron chi connectivity index (χ4n) is 10.1. The number of carbonyl (C=O) groups is 4. The van der Waals surface area contributed by atoms with E-state index >= 15 is 0 Å². The maximum absolute atomic E-state index is 10.0. The molecule has 0 spiro atoms. The molecular formula is C92H90Ir4N4O8-4. The number of aryl methyl sites for hydroxylation is 6. The molecule has 12 rings (SSSR count). The summed E-state index contributed by atoms with van der Waals surface area (Å²) in [5.74, 6) is -0.250. The van der Waals surface area contributed by atoms with Gasteiger partial charge in [0.15, 0.2) is 23.1 Å². The van der Waals surface area contributed by atoms with E-state index in [0.717, 1.165) is 56.1 Å². The van der Waals surface area contributed by atoms with Crippen LogP contribution in [-0.4, -0.2) is 63.5 Å². The van der Waals surface area contributed by atoms with Crippen molar-refractivity contribution in [3.8, 4) is 78.4 Å². The van der Waals surface area contributed by atoms with Gasteiger partial charge in [-0.05, 0) is 174 Å².